The summed E-state index contributed by atoms with van der Waals surface area (Å²) in [6.45, 7) is 12.6. The first-order valence-corrected chi connectivity index (χ1v) is 6.75. The van der Waals surface area contributed by atoms with Gasteiger partial charge in [-0.2, -0.15) is 4.98 Å². The molecule has 0 aromatic carbocycles. The summed E-state index contributed by atoms with van der Waals surface area (Å²) >= 11 is 0. The molecule has 1 rings (SSSR count). The molecule has 5 heteroatoms. The fourth-order valence-electron chi connectivity index (χ4n) is 1.85. The zero-order valence-electron chi connectivity index (χ0n) is 11.9. The van der Waals surface area contributed by atoms with Crippen LogP contribution in [0.1, 0.15) is 27.7 Å². The van der Waals surface area contributed by atoms with Gasteiger partial charge in [-0.3, -0.25) is 0 Å². The Hall–Kier alpha value is -1.36. The molecule has 18 heavy (non-hydrogen) atoms. The molecule has 0 aliphatic rings. The minimum Gasteiger partial charge on any atom is -0.366 e. The smallest absolute Gasteiger partial charge is 0.224 e. The lowest BCUT2D eigenvalue weighted by atomic mass is 10.3. The number of nitrogens with zero attached hydrogens (tertiary/aromatic N) is 3. The first-order chi connectivity index (χ1) is 8.69. The van der Waals surface area contributed by atoms with Crippen molar-refractivity contribution in [2.45, 2.75) is 33.7 Å². The molecule has 0 aliphatic heterocycles. The number of hydrogen-bond donors (Lipinski definition) is 2. The van der Waals surface area contributed by atoms with Crippen molar-refractivity contribution in [3.05, 3.63) is 12.3 Å². The molecule has 2 N–H and O–H groups in total. The van der Waals surface area contributed by atoms with E-state index in [-0.39, 0.29) is 0 Å². The van der Waals surface area contributed by atoms with Gasteiger partial charge in [-0.25, -0.2) is 4.98 Å². The van der Waals surface area contributed by atoms with E-state index in [1.807, 2.05) is 13.0 Å². The van der Waals surface area contributed by atoms with Gasteiger partial charge in [0.05, 0.1) is 0 Å². The van der Waals surface area contributed by atoms with E-state index >= 15 is 0 Å². The molecule has 0 bridgehead atoms. The van der Waals surface area contributed by atoms with Gasteiger partial charge in [-0.15, -0.1) is 0 Å². The number of anilines is 2. The second-order valence-corrected chi connectivity index (χ2v) is 4.33. The largest absolute Gasteiger partial charge is 0.366 e. The molecule has 0 amide bonds. The van der Waals surface area contributed by atoms with Gasteiger partial charge in [0.25, 0.3) is 0 Å². The number of aromatic nitrogens is 2. The Labute approximate surface area is 110 Å². The standard InChI is InChI=1S/C13H25N5/c1-5-14-13-15-9-8-12(17-13)16-11(4)10-18(6-2)7-3/h8-9,11H,5-7,10H2,1-4H3,(H2,14,15,16,17). The van der Waals surface area contributed by atoms with Crippen molar-refractivity contribution < 1.29 is 0 Å². The van der Waals surface area contributed by atoms with E-state index in [1.54, 1.807) is 6.20 Å². The Kier molecular flexibility index (Phi) is 6.43. The Morgan fingerprint density at radius 2 is 2.00 bits per heavy atom. The van der Waals surface area contributed by atoms with Gasteiger partial charge in [0.15, 0.2) is 0 Å². The third kappa shape index (κ3) is 4.87. The van der Waals surface area contributed by atoms with Crippen molar-refractivity contribution in [3.63, 3.8) is 0 Å². The van der Waals surface area contributed by atoms with Crippen LogP contribution in [0.4, 0.5) is 11.8 Å². The second-order valence-electron chi connectivity index (χ2n) is 4.33. The van der Waals surface area contributed by atoms with Crippen LogP contribution in [0.15, 0.2) is 12.3 Å². The van der Waals surface area contributed by atoms with E-state index in [1.165, 1.54) is 0 Å². The molecule has 1 unspecified atom stereocenters. The van der Waals surface area contributed by atoms with E-state index in [9.17, 15) is 0 Å². The maximum absolute atomic E-state index is 4.41. The summed E-state index contributed by atoms with van der Waals surface area (Å²) in [5, 5.41) is 6.52. The molecular formula is C13H25N5. The highest BCUT2D eigenvalue weighted by Gasteiger charge is 2.07. The van der Waals surface area contributed by atoms with Crippen molar-refractivity contribution in [1.82, 2.24) is 14.9 Å². The predicted molar refractivity (Wildman–Crippen MR) is 77.1 cm³/mol. The monoisotopic (exact) mass is 251 g/mol. The third-order valence-electron chi connectivity index (χ3n) is 2.81. The molecule has 0 aliphatic carbocycles. The van der Waals surface area contributed by atoms with Gasteiger partial charge in [0, 0.05) is 25.3 Å². The fourth-order valence-corrected chi connectivity index (χ4v) is 1.85. The summed E-state index contributed by atoms with van der Waals surface area (Å²) in [4.78, 5) is 11.0. The fraction of sp³-hybridized carbons (Fsp3) is 0.692. The molecule has 0 saturated carbocycles. The normalized spacial score (nSPS) is 12.5. The van der Waals surface area contributed by atoms with Crippen molar-refractivity contribution in [2.75, 3.05) is 36.8 Å². The minimum atomic E-state index is 0.370. The highest BCUT2D eigenvalue weighted by atomic mass is 15.2. The van der Waals surface area contributed by atoms with E-state index in [2.05, 4.69) is 46.3 Å². The Morgan fingerprint density at radius 3 is 2.61 bits per heavy atom. The van der Waals surface area contributed by atoms with Crippen LogP contribution in [0.5, 0.6) is 0 Å². The molecule has 1 atom stereocenters. The summed E-state index contributed by atoms with van der Waals surface area (Å²) in [7, 11) is 0. The zero-order chi connectivity index (χ0) is 13.4. The van der Waals surface area contributed by atoms with Crippen molar-refractivity contribution in [2.24, 2.45) is 0 Å². The first kappa shape index (κ1) is 14.7. The molecule has 0 radical (unpaired) electrons. The van der Waals surface area contributed by atoms with Crippen molar-refractivity contribution in [1.29, 1.82) is 0 Å². The molecule has 1 aromatic heterocycles. The van der Waals surface area contributed by atoms with Crippen LogP contribution < -0.4 is 10.6 Å². The van der Waals surface area contributed by atoms with Gasteiger partial charge in [0.2, 0.25) is 5.95 Å². The average molecular weight is 251 g/mol. The van der Waals surface area contributed by atoms with E-state index in [0.29, 0.717) is 12.0 Å². The highest BCUT2D eigenvalue weighted by molar-refractivity contribution is 5.40. The lowest BCUT2D eigenvalue weighted by Crippen LogP contribution is -2.34. The lowest BCUT2D eigenvalue weighted by Gasteiger charge is -2.23. The summed E-state index contributed by atoms with van der Waals surface area (Å²) in [5.41, 5.74) is 0. The maximum atomic E-state index is 4.41. The molecule has 1 heterocycles. The zero-order valence-corrected chi connectivity index (χ0v) is 11.9. The first-order valence-electron chi connectivity index (χ1n) is 6.75. The summed E-state index contributed by atoms with van der Waals surface area (Å²) in [6.07, 6.45) is 1.78. The number of rotatable bonds is 8. The van der Waals surface area contributed by atoms with Crippen molar-refractivity contribution >= 4 is 11.8 Å². The third-order valence-corrected chi connectivity index (χ3v) is 2.81. The molecule has 0 saturated heterocycles. The van der Waals surface area contributed by atoms with Crippen LogP contribution in [-0.4, -0.2) is 47.1 Å². The highest BCUT2D eigenvalue weighted by Crippen LogP contribution is 2.07. The van der Waals surface area contributed by atoms with Crippen LogP contribution in [0.2, 0.25) is 0 Å². The van der Waals surface area contributed by atoms with Crippen LogP contribution >= 0.6 is 0 Å². The SMILES string of the molecule is CCNc1nccc(NC(C)CN(CC)CC)n1. The quantitative estimate of drug-likeness (QED) is 0.740. The van der Waals surface area contributed by atoms with Gasteiger partial charge in [0.1, 0.15) is 5.82 Å². The van der Waals surface area contributed by atoms with Crippen LogP contribution in [0.3, 0.4) is 0 Å². The van der Waals surface area contributed by atoms with Gasteiger partial charge in [-0.05, 0) is 33.0 Å². The van der Waals surface area contributed by atoms with Crippen LogP contribution in [0, 0.1) is 0 Å². The van der Waals surface area contributed by atoms with Gasteiger partial charge in [-0.1, -0.05) is 13.8 Å². The number of likely N-dealkylation sites (N-methyl/N-ethyl adjacent to an activating group) is 1. The lowest BCUT2D eigenvalue weighted by molar-refractivity contribution is 0.294. The second kappa shape index (κ2) is 7.87. The summed E-state index contributed by atoms with van der Waals surface area (Å²) in [5.74, 6) is 1.55. The van der Waals surface area contributed by atoms with Gasteiger partial charge >= 0.3 is 0 Å². The molecular weight excluding hydrogens is 226 g/mol. The topological polar surface area (TPSA) is 53.1 Å². The van der Waals surface area contributed by atoms with E-state index in [4.69, 9.17) is 0 Å². The van der Waals surface area contributed by atoms with Crippen molar-refractivity contribution in [3.8, 4) is 0 Å². The summed E-state index contributed by atoms with van der Waals surface area (Å²) < 4.78 is 0. The summed E-state index contributed by atoms with van der Waals surface area (Å²) in [6, 6.07) is 2.27. The number of hydrogen-bond acceptors (Lipinski definition) is 5. The van der Waals surface area contributed by atoms with Gasteiger partial charge < -0.3 is 15.5 Å². The molecule has 5 nitrogen and oxygen atoms in total. The Balaban J connectivity index is 2.52. The van der Waals surface area contributed by atoms with Crippen LogP contribution in [0.25, 0.3) is 0 Å². The maximum Gasteiger partial charge on any atom is 0.224 e. The van der Waals surface area contributed by atoms with E-state index in [0.717, 1.165) is 32.0 Å². The number of nitrogens with one attached hydrogen (secondary N) is 2. The molecule has 1 aromatic rings. The average Bonchev–Trinajstić information content (AvgIpc) is 2.36. The van der Waals surface area contributed by atoms with Crippen LogP contribution in [-0.2, 0) is 0 Å². The molecule has 102 valence electrons. The molecule has 0 spiro atoms. The Morgan fingerprint density at radius 1 is 1.28 bits per heavy atom. The van der Waals surface area contributed by atoms with E-state index < -0.39 is 0 Å². The molecule has 0 fully saturated rings. The minimum absolute atomic E-state index is 0.370. The predicted octanol–water partition coefficient (Wildman–Crippen LogP) is 2.05. The Bertz CT molecular complexity index is 338.